The molecule has 0 amide bonds. The Morgan fingerprint density at radius 3 is 3.00 bits per heavy atom. The lowest BCUT2D eigenvalue weighted by atomic mass is 10.2. The molecular formula is C11H13N5O2. The number of nitrogens with two attached hydrogens (primary N) is 1. The smallest absolute Gasteiger partial charge is 0.270 e. The van der Waals surface area contributed by atoms with Crippen LogP contribution in [0.25, 0.3) is 11.4 Å². The minimum Gasteiger partial charge on any atom is -0.330 e. The predicted molar refractivity (Wildman–Crippen MR) is 65.8 cm³/mol. The van der Waals surface area contributed by atoms with E-state index < -0.39 is 4.92 Å². The zero-order chi connectivity index (χ0) is 13.0. The van der Waals surface area contributed by atoms with Crippen LogP contribution in [0.15, 0.2) is 30.6 Å². The molecule has 2 aromatic rings. The van der Waals surface area contributed by atoms with Gasteiger partial charge in [-0.3, -0.25) is 14.8 Å². The molecule has 0 spiro atoms. The Kier molecular flexibility index (Phi) is 3.63. The second-order valence-corrected chi connectivity index (χ2v) is 3.78. The van der Waals surface area contributed by atoms with Gasteiger partial charge >= 0.3 is 0 Å². The molecule has 0 aliphatic heterocycles. The van der Waals surface area contributed by atoms with Gasteiger partial charge in [0.2, 0.25) is 0 Å². The van der Waals surface area contributed by atoms with E-state index in [-0.39, 0.29) is 5.69 Å². The second-order valence-electron chi connectivity index (χ2n) is 3.78. The van der Waals surface area contributed by atoms with E-state index in [0.717, 1.165) is 6.42 Å². The first-order chi connectivity index (χ1) is 8.70. The average molecular weight is 247 g/mol. The standard InChI is InChI=1S/C11H13N5O2/c12-5-2-6-15-8-13-11(14-15)9-3-1-4-10(7-9)16(17)18/h1,3-4,7-8H,2,5-6,12H2. The molecule has 1 heterocycles. The van der Waals surface area contributed by atoms with Crippen LogP contribution in [0.2, 0.25) is 0 Å². The van der Waals surface area contributed by atoms with Gasteiger partial charge in [0, 0.05) is 24.2 Å². The van der Waals surface area contributed by atoms with Crippen molar-refractivity contribution in [1.29, 1.82) is 0 Å². The average Bonchev–Trinajstić information content (AvgIpc) is 2.85. The maximum Gasteiger partial charge on any atom is 0.270 e. The van der Waals surface area contributed by atoms with E-state index in [1.165, 1.54) is 12.1 Å². The molecule has 0 fully saturated rings. The normalized spacial score (nSPS) is 10.5. The van der Waals surface area contributed by atoms with Gasteiger partial charge in [-0.15, -0.1) is 0 Å². The Hall–Kier alpha value is -2.28. The molecule has 1 aromatic carbocycles. The molecule has 2 N–H and O–H groups in total. The second kappa shape index (κ2) is 5.37. The van der Waals surface area contributed by atoms with E-state index in [0.29, 0.717) is 24.5 Å². The lowest BCUT2D eigenvalue weighted by Crippen LogP contribution is -2.06. The third kappa shape index (κ3) is 2.69. The van der Waals surface area contributed by atoms with Gasteiger partial charge in [0.25, 0.3) is 5.69 Å². The first-order valence-corrected chi connectivity index (χ1v) is 5.55. The van der Waals surface area contributed by atoms with Gasteiger partial charge in [-0.1, -0.05) is 12.1 Å². The number of nitro groups is 1. The molecule has 0 saturated carbocycles. The van der Waals surface area contributed by atoms with Gasteiger partial charge < -0.3 is 5.73 Å². The highest BCUT2D eigenvalue weighted by atomic mass is 16.6. The van der Waals surface area contributed by atoms with E-state index >= 15 is 0 Å². The Morgan fingerprint density at radius 1 is 1.44 bits per heavy atom. The number of nitrogens with zero attached hydrogens (tertiary/aromatic N) is 4. The van der Waals surface area contributed by atoms with Crippen LogP contribution >= 0.6 is 0 Å². The molecule has 7 heteroatoms. The van der Waals surface area contributed by atoms with Crippen molar-refractivity contribution in [1.82, 2.24) is 14.8 Å². The summed E-state index contributed by atoms with van der Waals surface area (Å²) >= 11 is 0. The Balaban J connectivity index is 2.23. The van der Waals surface area contributed by atoms with Crippen molar-refractivity contribution in [3.8, 4) is 11.4 Å². The number of nitro benzene ring substituents is 1. The van der Waals surface area contributed by atoms with Gasteiger partial charge in [0.15, 0.2) is 5.82 Å². The van der Waals surface area contributed by atoms with Crippen molar-refractivity contribution in [2.75, 3.05) is 6.54 Å². The zero-order valence-corrected chi connectivity index (χ0v) is 9.69. The molecule has 18 heavy (non-hydrogen) atoms. The molecule has 0 aliphatic carbocycles. The van der Waals surface area contributed by atoms with E-state index in [4.69, 9.17) is 5.73 Å². The van der Waals surface area contributed by atoms with Gasteiger partial charge in [0.05, 0.1) is 4.92 Å². The van der Waals surface area contributed by atoms with Crippen LogP contribution in [0.3, 0.4) is 0 Å². The zero-order valence-electron chi connectivity index (χ0n) is 9.69. The number of hydrogen-bond acceptors (Lipinski definition) is 5. The fraction of sp³-hybridized carbons (Fsp3) is 0.273. The summed E-state index contributed by atoms with van der Waals surface area (Å²) in [6.07, 6.45) is 2.42. The maximum atomic E-state index is 10.7. The van der Waals surface area contributed by atoms with E-state index in [9.17, 15) is 10.1 Å². The Bertz CT molecular complexity index is 552. The minimum atomic E-state index is -0.436. The van der Waals surface area contributed by atoms with Gasteiger partial charge in [0.1, 0.15) is 6.33 Å². The van der Waals surface area contributed by atoms with Crippen LogP contribution < -0.4 is 5.73 Å². The third-order valence-electron chi connectivity index (χ3n) is 2.44. The monoisotopic (exact) mass is 247 g/mol. The lowest BCUT2D eigenvalue weighted by molar-refractivity contribution is -0.384. The first kappa shape index (κ1) is 12.2. The molecule has 2 rings (SSSR count). The quantitative estimate of drug-likeness (QED) is 0.632. The number of benzene rings is 1. The fourth-order valence-electron chi connectivity index (χ4n) is 1.55. The summed E-state index contributed by atoms with van der Waals surface area (Å²) in [5.74, 6) is 0.482. The number of aromatic nitrogens is 3. The van der Waals surface area contributed by atoms with Crippen LogP contribution in [-0.2, 0) is 6.54 Å². The summed E-state index contributed by atoms with van der Waals surface area (Å²) < 4.78 is 1.68. The van der Waals surface area contributed by atoms with Crippen molar-refractivity contribution < 1.29 is 4.92 Å². The van der Waals surface area contributed by atoms with Crippen LogP contribution in [0, 0.1) is 10.1 Å². The van der Waals surface area contributed by atoms with Gasteiger partial charge in [-0.2, -0.15) is 5.10 Å². The number of non-ortho nitro benzene ring substituents is 1. The summed E-state index contributed by atoms with van der Waals surface area (Å²) in [6, 6.07) is 6.27. The van der Waals surface area contributed by atoms with Gasteiger partial charge in [-0.05, 0) is 13.0 Å². The molecule has 0 unspecified atom stereocenters. The van der Waals surface area contributed by atoms with Crippen LogP contribution in [-0.4, -0.2) is 26.2 Å². The highest BCUT2D eigenvalue weighted by Crippen LogP contribution is 2.20. The van der Waals surface area contributed by atoms with Crippen molar-refractivity contribution in [3.05, 3.63) is 40.7 Å². The lowest BCUT2D eigenvalue weighted by Gasteiger charge is -1.97. The Labute approximate surface area is 103 Å². The maximum absolute atomic E-state index is 10.7. The Morgan fingerprint density at radius 2 is 2.28 bits per heavy atom. The number of rotatable bonds is 5. The van der Waals surface area contributed by atoms with Crippen LogP contribution in [0.4, 0.5) is 5.69 Å². The summed E-state index contributed by atoms with van der Waals surface area (Å²) in [7, 11) is 0. The third-order valence-corrected chi connectivity index (χ3v) is 2.44. The molecule has 7 nitrogen and oxygen atoms in total. The molecule has 0 atom stereocenters. The molecule has 94 valence electrons. The van der Waals surface area contributed by atoms with Crippen molar-refractivity contribution >= 4 is 5.69 Å². The van der Waals surface area contributed by atoms with Crippen molar-refractivity contribution in [2.45, 2.75) is 13.0 Å². The molecule has 0 radical (unpaired) electrons. The van der Waals surface area contributed by atoms with E-state index in [1.807, 2.05) is 0 Å². The van der Waals surface area contributed by atoms with Crippen molar-refractivity contribution in [3.63, 3.8) is 0 Å². The summed E-state index contributed by atoms with van der Waals surface area (Å²) in [5.41, 5.74) is 6.08. The highest BCUT2D eigenvalue weighted by molar-refractivity contribution is 5.58. The van der Waals surface area contributed by atoms with Crippen LogP contribution in [0.5, 0.6) is 0 Å². The number of hydrogen-bond donors (Lipinski definition) is 1. The minimum absolute atomic E-state index is 0.0332. The van der Waals surface area contributed by atoms with E-state index in [2.05, 4.69) is 10.1 Å². The largest absolute Gasteiger partial charge is 0.330 e. The molecule has 0 aliphatic rings. The first-order valence-electron chi connectivity index (χ1n) is 5.55. The summed E-state index contributed by atoms with van der Waals surface area (Å²) in [5, 5.41) is 14.9. The summed E-state index contributed by atoms with van der Waals surface area (Å²) in [4.78, 5) is 14.4. The molecule has 0 saturated heterocycles. The molecule has 0 bridgehead atoms. The number of aryl methyl sites for hydroxylation is 1. The van der Waals surface area contributed by atoms with Crippen molar-refractivity contribution in [2.24, 2.45) is 5.73 Å². The summed E-state index contributed by atoms with van der Waals surface area (Å²) in [6.45, 7) is 1.28. The highest BCUT2D eigenvalue weighted by Gasteiger charge is 2.09. The van der Waals surface area contributed by atoms with Gasteiger partial charge in [-0.25, -0.2) is 4.98 Å². The van der Waals surface area contributed by atoms with E-state index in [1.54, 1.807) is 23.1 Å². The SMILES string of the molecule is NCCCn1cnc(-c2cccc([N+](=O)[O-])c2)n1. The molecular weight excluding hydrogens is 234 g/mol. The van der Waals surface area contributed by atoms with Crippen LogP contribution in [0.1, 0.15) is 6.42 Å². The topological polar surface area (TPSA) is 99.9 Å². The molecule has 1 aromatic heterocycles. The fourth-order valence-corrected chi connectivity index (χ4v) is 1.55. The predicted octanol–water partition coefficient (Wildman–Crippen LogP) is 1.20.